The van der Waals surface area contributed by atoms with Crippen LogP contribution in [0.2, 0.25) is 0 Å². The lowest BCUT2D eigenvalue weighted by Gasteiger charge is -2.37. The largest absolute Gasteiger partial charge is 0.395 e. The van der Waals surface area contributed by atoms with Gasteiger partial charge < -0.3 is 10.2 Å². The molecule has 0 unspecified atom stereocenters. The zero-order valence-electron chi connectivity index (χ0n) is 18.2. The summed E-state index contributed by atoms with van der Waals surface area (Å²) in [5.74, 6) is 1.38. The molecule has 1 fully saturated rings. The van der Waals surface area contributed by atoms with Crippen molar-refractivity contribution in [2.75, 3.05) is 24.7 Å². The van der Waals surface area contributed by atoms with Crippen molar-refractivity contribution >= 4 is 20.4 Å². The van der Waals surface area contributed by atoms with Crippen LogP contribution >= 0.6 is 10.3 Å². The molecule has 2 N–H and O–H groups in total. The summed E-state index contributed by atoms with van der Waals surface area (Å²) in [5.41, 5.74) is 3.26. The zero-order valence-corrected chi connectivity index (χ0v) is 19.8. The molecule has 0 bridgehead atoms. The zero-order chi connectivity index (χ0) is 22.3. The first-order valence-corrected chi connectivity index (χ1v) is 14.4. The summed E-state index contributed by atoms with van der Waals surface area (Å²) in [4.78, 5) is 0.0958. The fraction of sp³-hybridized carbons (Fsp3) is 0.500. The van der Waals surface area contributed by atoms with Gasteiger partial charge >= 0.3 is 10.1 Å². The van der Waals surface area contributed by atoms with Crippen LogP contribution in [0.4, 0.5) is 0 Å². The predicted octanol–water partition coefficient (Wildman–Crippen LogP) is 4.65. The summed E-state index contributed by atoms with van der Waals surface area (Å²) in [6.07, 6.45) is 6.31. The Morgan fingerprint density at radius 3 is 2.00 bits per heavy atom. The molecule has 2 aromatic rings. The number of aryl methyl sites for hydroxylation is 1. The molecule has 0 aliphatic heterocycles. The molecule has 0 heterocycles. The fourth-order valence-electron chi connectivity index (χ4n) is 4.23. The van der Waals surface area contributed by atoms with Crippen molar-refractivity contribution < 1.29 is 22.3 Å². The van der Waals surface area contributed by atoms with Crippen LogP contribution in [0, 0.1) is 6.92 Å². The second-order valence-electron chi connectivity index (χ2n) is 8.38. The maximum Gasteiger partial charge on any atom is 0.306 e. The molecule has 0 radical (unpaired) electrons. The summed E-state index contributed by atoms with van der Waals surface area (Å²) >= 11 is 0. The fourth-order valence-corrected chi connectivity index (χ4v) is 9.23. The second kappa shape index (κ2) is 11.0. The molecule has 0 amide bonds. The van der Waals surface area contributed by atoms with Gasteiger partial charge in [-0.1, -0.05) is 61.2 Å². The molecule has 0 saturated heterocycles. The quantitative estimate of drug-likeness (QED) is 0.532. The number of hydrogen-bond acceptors (Lipinski definition) is 5. The minimum atomic E-state index is -4.01. The van der Waals surface area contributed by atoms with Crippen molar-refractivity contribution in [3.8, 4) is 0 Å². The monoisotopic (exact) mass is 466 g/mol. The van der Waals surface area contributed by atoms with E-state index in [-0.39, 0.29) is 29.6 Å². The van der Waals surface area contributed by atoms with Gasteiger partial charge in [0.05, 0.1) is 18.1 Å². The van der Waals surface area contributed by atoms with Crippen molar-refractivity contribution in [3.63, 3.8) is 0 Å². The summed E-state index contributed by atoms with van der Waals surface area (Å²) in [6.45, 7) is 1.50. The highest BCUT2D eigenvalue weighted by molar-refractivity contribution is 8.32. The smallest absolute Gasteiger partial charge is 0.306 e. The van der Waals surface area contributed by atoms with E-state index >= 15 is 0 Å². The van der Waals surface area contributed by atoms with Crippen LogP contribution in [0.5, 0.6) is 0 Å². The first-order valence-electron chi connectivity index (χ1n) is 11.0. The summed E-state index contributed by atoms with van der Waals surface area (Å²) in [7, 11) is -6.30. The van der Waals surface area contributed by atoms with Crippen LogP contribution in [0.3, 0.4) is 0 Å². The lowest BCUT2D eigenvalue weighted by atomic mass is 9.84. The van der Waals surface area contributed by atoms with E-state index in [1.807, 2.05) is 19.1 Å². The Morgan fingerprint density at radius 1 is 0.871 bits per heavy atom. The highest BCUT2D eigenvalue weighted by Gasteiger charge is 2.32. The molecule has 3 rings (SSSR count). The maximum absolute atomic E-state index is 13.0. The number of aliphatic hydroxyl groups excluding tert-OH is 2. The first kappa shape index (κ1) is 24.3. The molecule has 2 aromatic carbocycles. The maximum atomic E-state index is 13.0. The topological polar surface area (TPSA) is 83.8 Å². The van der Waals surface area contributed by atoms with E-state index in [2.05, 4.69) is 12.1 Å². The Kier molecular flexibility index (Phi) is 8.58. The third kappa shape index (κ3) is 6.56. The SMILES string of the molecule is Cc1ccc(S(=O)(=O)OS(CCO)(CCO)Cc2ccc(C3CCCCC3)cc2)cc1. The summed E-state index contributed by atoms with van der Waals surface area (Å²) in [5, 5.41) is 19.4. The van der Waals surface area contributed by atoms with Crippen LogP contribution in [0.1, 0.15) is 54.7 Å². The molecule has 0 aromatic heterocycles. The molecule has 1 aliphatic carbocycles. The lowest BCUT2D eigenvalue weighted by Crippen LogP contribution is -2.23. The Morgan fingerprint density at radius 2 is 1.45 bits per heavy atom. The van der Waals surface area contributed by atoms with Crippen LogP contribution in [-0.2, 0) is 19.5 Å². The van der Waals surface area contributed by atoms with Gasteiger partial charge in [-0.15, -0.1) is 10.3 Å². The van der Waals surface area contributed by atoms with Crippen LogP contribution in [0.25, 0.3) is 0 Å². The Labute approximate surface area is 188 Å². The lowest BCUT2D eigenvalue weighted by molar-refractivity contribution is 0.312. The molecule has 31 heavy (non-hydrogen) atoms. The van der Waals surface area contributed by atoms with Gasteiger partial charge in [0.25, 0.3) is 0 Å². The first-order chi connectivity index (χ1) is 14.9. The number of rotatable bonds is 10. The summed E-state index contributed by atoms with van der Waals surface area (Å²) < 4.78 is 31.8. The van der Waals surface area contributed by atoms with Gasteiger partial charge in [-0.2, -0.15) is 8.42 Å². The van der Waals surface area contributed by atoms with E-state index in [1.165, 1.54) is 49.8 Å². The van der Waals surface area contributed by atoms with Crippen molar-refractivity contribution in [1.29, 1.82) is 0 Å². The van der Waals surface area contributed by atoms with E-state index in [0.717, 1.165) is 11.1 Å². The van der Waals surface area contributed by atoms with E-state index in [1.54, 1.807) is 12.1 Å². The highest BCUT2D eigenvalue weighted by atomic mass is 32.3. The Balaban J connectivity index is 1.83. The van der Waals surface area contributed by atoms with E-state index in [0.29, 0.717) is 11.7 Å². The Hall–Kier alpha value is -1.38. The van der Waals surface area contributed by atoms with E-state index in [4.69, 9.17) is 3.63 Å². The molecule has 1 saturated carbocycles. The van der Waals surface area contributed by atoms with Crippen LogP contribution in [0.15, 0.2) is 53.4 Å². The molecule has 0 spiro atoms. The van der Waals surface area contributed by atoms with Crippen molar-refractivity contribution in [2.45, 2.75) is 55.6 Å². The minimum absolute atomic E-state index is 0.0958. The highest BCUT2D eigenvalue weighted by Crippen LogP contribution is 2.54. The minimum Gasteiger partial charge on any atom is -0.395 e. The molecule has 7 heteroatoms. The standard InChI is InChI=1S/C24H34O5S2/c1-20-7-13-24(14-8-20)31(27,28)29-30(17-15-25,18-16-26)19-21-9-11-23(12-10-21)22-5-3-2-4-6-22/h7-14,22,25-26H,2-6,15-19H2,1H3. The molecule has 0 atom stereocenters. The molecular weight excluding hydrogens is 432 g/mol. The van der Waals surface area contributed by atoms with Crippen molar-refractivity contribution in [2.24, 2.45) is 0 Å². The van der Waals surface area contributed by atoms with Gasteiger partial charge in [0, 0.05) is 17.3 Å². The normalized spacial score (nSPS) is 16.4. The molecule has 5 nitrogen and oxygen atoms in total. The third-order valence-corrected chi connectivity index (χ3v) is 11.4. The van der Waals surface area contributed by atoms with Crippen molar-refractivity contribution in [3.05, 3.63) is 65.2 Å². The van der Waals surface area contributed by atoms with Gasteiger partial charge in [-0.3, -0.25) is 0 Å². The number of hydrogen-bond donors (Lipinski definition) is 2. The second-order valence-corrected chi connectivity index (χ2v) is 13.3. The molecular formula is C24H34O5S2. The van der Waals surface area contributed by atoms with Gasteiger partial charge in [-0.05, 0) is 48.9 Å². The number of benzene rings is 2. The van der Waals surface area contributed by atoms with Gasteiger partial charge in [0.1, 0.15) is 0 Å². The summed E-state index contributed by atoms with van der Waals surface area (Å²) in [6, 6.07) is 14.9. The Bertz CT molecular complexity index is 911. The number of aliphatic hydroxyl groups is 2. The predicted molar refractivity (Wildman–Crippen MR) is 127 cm³/mol. The molecule has 172 valence electrons. The van der Waals surface area contributed by atoms with Crippen molar-refractivity contribution in [1.82, 2.24) is 0 Å². The van der Waals surface area contributed by atoms with Crippen LogP contribution < -0.4 is 0 Å². The van der Waals surface area contributed by atoms with E-state index < -0.39 is 20.4 Å². The van der Waals surface area contributed by atoms with Gasteiger partial charge in [-0.25, -0.2) is 3.63 Å². The average Bonchev–Trinajstić information content (AvgIpc) is 2.75. The van der Waals surface area contributed by atoms with E-state index in [9.17, 15) is 18.6 Å². The van der Waals surface area contributed by atoms with Crippen LogP contribution in [-0.4, -0.2) is 43.4 Å². The van der Waals surface area contributed by atoms with Gasteiger partial charge in [0.2, 0.25) is 0 Å². The third-order valence-electron chi connectivity index (χ3n) is 5.96. The molecule has 1 aliphatic rings. The average molecular weight is 467 g/mol. The van der Waals surface area contributed by atoms with Gasteiger partial charge in [0.15, 0.2) is 0 Å².